The molecular formula is C14H17N3NaO5+. The smallest absolute Gasteiger partial charge is 0.491 e. The van der Waals surface area contributed by atoms with Gasteiger partial charge in [0.05, 0.1) is 12.6 Å². The van der Waals surface area contributed by atoms with Crippen LogP contribution in [-0.2, 0) is 4.79 Å². The maximum absolute atomic E-state index is 11.9. The molecule has 3 unspecified atom stereocenters. The third-order valence-corrected chi connectivity index (χ3v) is 3.90. The van der Waals surface area contributed by atoms with E-state index in [0.29, 0.717) is 17.9 Å². The van der Waals surface area contributed by atoms with Gasteiger partial charge in [-0.1, -0.05) is 6.07 Å². The Morgan fingerprint density at radius 1 is 1.48 bits per heavy atom. The van der Waals surface area contributed by atoms with Crippen molar-refractivity contribution in [2.45, 2.75) is 18.2 Å². The SMILES string of the molecule is NC(=O)C1c2ccc(OCC(O)CO)cc2C2CN1C(=O)N2.[Na+]. The van der Waals surface area contributed by atoms with E-state index in [2.05, 4.69) is 5.32 Å². The van der Waals surface area contributed by atoms with Gasteiger partial charge in [-0.25, -0.2) is 4.79 Å². The molecular weight excluding hydrogens is 313 g/mol. The standard InChI is InChI=1S/C14H17N3O5.Na/c15-13(20)12-9-2-1-8(22-6-7(19)5-18)3-10(9)11-4-17(12)14(21)16-11;/h1-3,7,11-12,18-19H,4-6H2,(H2,15,20)(H,16,21);/q;+1. The zero-order valence-corrected chi connectivity index (χ0v) is 14.7. The van der Waals surface area contributed by atoms with Crippen molar-refractivity contribution in [3.05, 3.63) is 29.3 Å². The molecule has 3 amide bonds. The van der Waals surface area contributed by atoms with E-state index >= 15 is 0 Å². The van der Waals surface area contributed by atoms with Crippen molar-refractivity contribution in [2.75, 3.05) is 19.8 Å². The average molecular weight is 330 g/mol. The van der Waals surface area contributed by atoms with Gasteiger partial charge in [0.1, 0.15) is 24.5 Å². The van der Waals surface area contributed by atoms with Gasteiger partial charge in [-0.15, -0.1) is 0 Å². The number of urea groups is 1. The molecule has 1 fully saturated rings. The van der Waals surface area contributed by atoms with Crippen molar-refractivity contribution < 1.29 is 54.1 Å². The molecule has 0 spiro atoms. The molecule has 23 heavy (non-hydrogen) atoms. The summed E-state index contributed by atoms with van der Waals surface area (Å²) in [6.07, 6.45) is -0.962. The Morgan fingerprint density at radius 2 is 2.22 bits per heavy atom. The fraction of sp³-hybridized carbons (Fsp3) is 0.429. The molecule has 0 saturated carbocycles. The number of amides is 3. The van der Waals surface area contributed by atoms with Crippen LogP contribution in [-0.4, -0.2) is 52.9 Å². The Balaban J connectivity index is 0.00000192. The maximum atomic E-state index is 11.9. The molecule has 3 atom stereocenters. The van der Waals surface area contributed by atoms with Crippen LogP contribution in [0.4, 0.5) is 4.79 Å². The van der Waals surface area contributed by atoms with E-state index in [1.165, 1.54) is 4.90 Å². The second kappa shape index (κ2) is 7.06. The van der Waals surface area contributed by atoms with E-state index in [-0.39, 0.29) is 54.8 Å². The van der Waals surface area contributed by atoms with Crippen molar-refractivity contribution in [1.29, 1.82) is 0 Å². The van der Waals surface area contributed by atoms with Crippen LogP contribution in [0.15, 0.2) is 18.2 Å². The molecule has 2 aliphatic heterocycles. The van der Waals surface area contributed by atoms with Gasteiger partial charge in [0.25, 0.3) is 0 Å². The molecule has 0 aliphatic carbocycles. The van der Waals surface area contributed by atoms with Gasteiger partial charge in [0.2, 0.25) is 5.91 Å². The summed E-state index contributed by atoms with van der Waals surface area (Å²) in [5, 5.41) is 20.9. The fourth-order valence-electron chi connectivity index (χ4n) is 2.87. The number of aliphatic hydroxyl groups excluding tert-OH is 2. The van der Waals surface area contributed by atoms with E-state index in [4.69, 9.17) is 15.6 Å². The number of aliphatic hydroxyl groups is 2. The van der Waals surface area contributed by atoms with Gasteiger partial charge in [0, 0.05) is 6.54 Å². The van der Waals surface area contributed by atoms with E-state index < -0.39 is 18.1 Å². The van der Waals surface area contributed by atoms with Crippen molar-refractivity contribution in [1.82, 2.24) is 10.2 Å². The van der Waals surface area contributed by atoms with E-state index in [0.717, 1.165) is 5.56 Å². The number of benzene rings is 1. The third-order valence-electron chi connectivity index (χ3n) is 3.90. The van der Waals surface area contributed by atoms with Gasteiger partial charge >= 0.3 is 35.6 Å². The first-order chi connectivity index (χ1) is 10.5. The molecule has 1 saturated heterocycles. The van der Waals surface area contributed by atoms with Gasteiger partial charge in [0.15, 0.2) is 0 Å². The largest absolute Gasteiger partial charge is 1.00 e. The normalized spacial score (nSPS) is 22.7. The quantitative estimate of drug-likeness (QED) is 0.410. The average Bonchev–Trinajstić information content (AvgIpc) is 2.82. The monoisotopic (exact) mass is 330 g/mol. The molecule has 8 nitrogen and oxygen atoms in total. The molecule has 1 aromatic carbocycles. The van der Waals surface area contributed by atoms with Gasteiger partial charge in [-0.3, -0.25) is 4.79 Å². The molecule has 2 heterocycles. The summed E-state index contributed by atoms with van der Waals surface area (Å²) < 4.78 is 5.40. The van der Waals surface area contributed by atoms with E-state index in [9.17, 15) is 14.7 Å². The summed E-state index contributed by atoms with van der Waals surface area (Å²) in [6, 6.07) is 3.75. The van der Waals surface area contributed by atoms with Crippen LogP contribution in [0, 0.1) is 0 Å². The number of carbonyl (C=O) groups excluding carboxylic acids is 2. The van der Waals surface area contributed by atoms with Crippen LogP contribution < -0.4 is 45.3 Å². The zero-order chi connectivity index (χ0) is 15.9. The molecule has 0 aromatic heterocycles. The Kier molecular flexibility index (Phi) is 5.53. The topological polar surface area (TPSA) is 125 Å². The number of primary amides is 1. The summed E-state index contributed by atoms with van der Waals surface area (Å²) >= 11 is 0. The Hall–Kier alpha value is -1.32. The number of nitrogens with one attached hydrogen (secondary N) is 1. The Morgan fingerprint density at radius 3 is 2.87 bits per heavy atom. The number of ether oxygens (including phenoxy) is 1. The second-order valence-corrected chi connectivity index (χ2v) is 5.40. The van der Waals surface area contributed by atoms with Crippen LogP contribution in [0.5, 0.6) is 5.75 Å². The number of nitrogens with two attached hydrogens (primary N) is 1. The minimum absolute atomic E-state index is 0. The van der Waals surface area contributed by atoms with Crippen LogP contribution in [0.1, 0.15) is 23.2 Å². The molecule has 0 radical (unpaired) electrons. The molecule has 1 aromatic rings. The summed E-state index contributed by atoms with van der Waals surface area (Å²) in [7, 11) is 0. The number of rotatable bonds is 5. The van der Waals surface area contributed by atoms with Crippen molar-refractivity contribution >= 4 is 11.9 Å². The van der Waals surface area contributed by atoms with Crippen molar-refractivity contribution in [3.63, 3.8) is 0 Å². The first-order valence-corrected chi connectivity index (χ1v) is 6.93. The molecule has 2 bridgehead atoms. The van der Waals surface area contributed by atoms with E-state index in [1.54, 1.807) is 18.2 Å². The zero-order valence-electron chi connectivity index (χ0n) is 12.7. The van der Waals surface area contributed by atoms with Gasteiger partial charge in [-0.2, -0.15) is 0 Å². The number of hydrogen-bond acceptors (Lipinski definition) is 5. The first kappa shape index (κ1) is 18.0. The van der Waals surface area contributed by atoms with E-state index in [1.807, 2.05) is 0 Å². The summed E-state index contributed by atoms with van der Waals surface area (Å²) in [6.45, 7) is -0.0534. The van der Waals surface area contributed by atoms with Crippen LogP contribution in [0.25, 0.3) is 0 Å². The number of fused-ring (bicyclic) bond motifs is 4. The minimum Gasteiger partial charge on any atom is -0.491 e. The molecule has 5 N–H and O–H groups in total. The molecule has 2 aliphatic rings. The first-order valence-electron chi connectivity index (χ1n) is 6.93. The molecule has 9 heteroatoms. The molecule has 118 valence electrons. The minimum atomic E-state index is -0.962. The van der Waals surface area contributed by atoms with Crippen LogP contribution >= 0.6 is 0 Å². The summed E-state index contributed by atoms with van der Waals surface area (Å²) in [4.78, 5) is 25.0. The Labute approximate surface area is 154 Å². The number of nitrogens with zero attached hydrogens (tertiary/aromatic N) is 1. The van der Waals surface area contributed by atoms with Gasteiger partial charge in [-0.05, 0) is 23.3 Å². The Bertz CT molecular complexity index is 626. The molecule has 3 rings (SSSR count). The maximum Gasteiger partial charge on any atom is 1.00 e. The predicted octanol–water partition coefficient (Wildman–Crippen LogP) is -3.97. The van der Waals surface area contributed by atoms with Gasteiger partial charge < -0.3 is 30.9 Å². The van der Waals surface area contributed by atoms with Crippen LogP contribution in [0.2, 0.25) is 0 Å². The second-order valence-electron chi connectivity index (χ2n) is 5.40. The summed E-state index contributed by atoms with van der Waals surface area (Å²) in [5.74, 6) is -0.0924. The third kappa shape index (κ3) is 3.31. The van der Waals surface area contributed by atoms with Crippen molar-refractivity contribution in [3.8, 4) is 5.75 Å². The number of carbonyl (C=O) groups is 2. The predicted molar refractivity (Wildman–Crippen MR) is 74.9 cm³/mol. The summed E-state index contributed by atoms with van der Waals surface area (Å²) in [5.41, 5.74) is 6.89. The van der Waals surface area contributed by atoms with Crippen molar-refractivity contribution in [2.24, 2.45) is 5.73 Å². The number of hydrogen-bond donors (Lipinski definition) is 4. The van der Waals surface area contributed by atoms with Crippen LogP contribution in [0.3, 0.4) is 0 Å². The fourth-order valence-corrected chi connectivity index (χ4v) is 2.87.